The number of carbonyl (C=O) groups is 1. The van der Waals surface area contributed by atoms with Gasteiger partial charge in [0.05, 0.1) is 18.6 Å². The molecule has 2 rings (SSSR count). The Labute approximate surface area is 136 Å². The van der Waals surface area contributed by atoms with Crippen LogP contribution in [0.15, 0.2) is 16.6 Å². The fourth-order valence-electron chi connectivity index (χ4n) is 2.43. The minimum absolute atomic E-state index is 0.125. The molecular formula is C13H15BrClNO4S. The Kier molecular flexibility index (Phi) is 4.85. The third-order valence-corrected chi connectivity index (χ3v) is 5.49. The molecule has 8 heteroatoms. The van der Waals surface area contributed by atoms with Gasteiger partial charge in [-0.25, -0.2) is 8.42 Å². The van der Waals surface area contributed by atoms with Crippen molar-refractivity contribution < 1.29 is 17.9 Å². The number of benzene rings is 1. The predicted octanol–water partition coefficient (Wildman–Crippen LogP) is 2.69. The third kappa shape index (κ3) is 3.90. The first-order valence-electron chi connectivity index (χ1n) is 6.28. The number of anilines is 1. The normalized spacial score (nSPS) is 19.1. The van der Waals surface area contributed by atoms with Crippen molar-refractivity contribution in [3.8, 4) is 5.75 Å². The molecule has 1 amide bonds. The molecule has 1 aromatic carbocycles. The lowest BCUT2D eigenvalue weighted by atomic mass is 10.1. The summed E-state index contributed by atoms with van der Waals surface area (Å²) in [6.07, 6.45) is 0.171. The minimum atomic E-state index is -3.61. The fourth-order valence-corrected chi connectivity index (χ4v) is 4.07. The first-order chi connectivity index (χ1) is 9.71. The van der Waals surface area contributed by atoms with E-state index in [1.54, 1.807) is 11.0 Å². The summed E-state index contributed by atoms with van der Waals surface area (Å²) in [7, 11) is 3.19. The van der Waals surface area contributed by atoms with Gasteiger partial charge in [-0.3, -0.25) is 4.79 Å². The van der Waals surface area contributed by atoms with Gasteiger partial charge in [0.15, 0.2) is 0 Å². The summed E-state index contributed by atoms with van der Waals surface area (Å²) in [6, 6.07) is 3.64. The maximum atomic E-state index is 12.2. The second-order valence-corrected chi connectivity index (χ2v) is 8.73. The van der Waals surface area contributed by atoms with E-state index in [2.05, 4.69) is 15.9 Å². The maximum absolute atomic E-state index is 12.2. The van der Waals surface area contributed by atoms with E-state index >= 15 is 0 Å². The number of halogens is 2. The van der Waals surface area contributed by atoms with Crippen LogP contribution in [-0.4, -0.2) is 33.7 Å². The number of carbonyl (C=O) groups excluding carboxylic acids is 1. The molecule has 1 aliphatic heterocycles. The molecule has 116 valence electrons. The summed E-state index contributed by atoms with van der Waals surface area (Å²) in [4.78, 5) is 13.7. The highest BCUT2D eigenvalue weighted by molar-refractivity contribution is 9.10. The standard InChI is InChI=1S/C13H15BrClNO4S/c1-8-3-11(12(20-2)5-10(8)14)16-6-9(4-13(16)17)7-21(15,18)19/h3,5,9H,4,6-7H2,1-2H3. The fraction of sp³-hybridized carbons (Fsp3) is 0.462. The molecule has 0 saturated carbocycles. The van der Waals surface area contributed by atoms with Crippen LogP contribution >= 0.6 is 26.6 Å². The second-order valence-electron chi connectivity index (χ2n) is 5.05. The van der Waals surface area contributed by atoms with E-state index < -0.39 is 9.05 Å². The molecule has 5 nitrogen and oxygen atoms in total. The molecule has 1 saturated heterocycles. The van der Waals surface area contributed by atoms with Crippen LogP contribution in [0.25, 0.3) is 0 Å². The zero-order valence-electron chi connectivity index (χ0n) is 11.6. The maximum Gasteiger partial charge on any atom is 0.232 e. The van der Waals surface area contributed by atoms with E-state index in [4.69, 9.17) is 15.4 Å². The molecule has 1 fully saturated rings. The Balaban J connectivity index is 2.31. The monoisotopic (exact) mass is 395 g/mol. The summed E-state index contributed by atoms with van der Waals surface area (Å²) in [5, 5.41) is 0. The minimum Gasteiger partial charge on any atom is -0.495 e. The van der Waals surface area contributed by atoms with E-state index in [1.165, 1.54) is 7.11 Å². The second kappa shape index (κ2) is 6.14. The molecule has 1 heterocycles. The van der Waals surface area contributed by atoms with Crippen LogP contribution in [0, 0.1) is 12.8 Å². The number of rotatable bonds is 4. The van der Waals surface area contributed by atoms with Gasteiger partial charge >= 0.3 is 0 Å². The number of nitrogens with zero attached hydrogens (tertiary/aromatic N) is 1. The Morgan fingerprint density at radius 3 is 2.71 bits per heavy atom. The number of hydrogen-bond donors (Lipinski definition) is 0. The van der Waals surface area contributed by atoms with Gasteiger partial charge < -0.3 is 9.64 Å². The van der Waals surface area contributed by atoms with Crippen molar-refractivity contribution in [3.05, 3.63) is 22.2 Å². The zero-order valence-corrected chi connectivity index (χ0v) is 14.8. The van der Waals surface area contributed by atoms with Crippen LogP contribution in [0.5, 0.6) is 5.75 Å². The van der Waals surface area contributed by atoms with Crippen molar-refractivity contribution in [3.63, 3.8) is 0 Å². The highest BCUT2D eigenvalue weighted by atomic mass is 79.9. The summed E-state index contributed by atoms with van der Waals surface area (Å²) in [5.41, 5.74) is 1.62. The molecular weight excluding hydrogens is 382 g/mol. The number of ether oxygens (including phenoxy) is 1. The topological polar surface area (TPSA) is 63.7 Å². The van der Waals surface area contributed by atoms with E-state index in [0.717, 1.165) is 10.0 Å². The van der Waals surface area contributed by atoms with Crippen molar-refractivity contribution in [2.75, 3.05) is 24.3 Å². The van der Waals surface area contributed by atoms with Gasteiger partial charge in [0.1, 0.15) is 5.75 Å². The van der Waals surface area contributed by atoms with E-state index in [0.29, 0.717) is 18.0 Å². The van der Waals surface area contributed by atoms with Gasteiger partial charge in [-0.05, 0) is 24.6 Å². The number of hydrogen-bond acceptors (Lipinski definition) is 4. The van der Waals surface area contributed by atoms with Crippen molar-refractivity contribution in [2.45, 2.75) is 13.3 Å². The quantitative estimate of drug-likeness (QED) is 0.734. The average molecular weight is 397 g/mol. The molecule has 0 N–H and O–H groups in total. The lowest BCUT2D eigenvalue weighted by molar-refractivity contribution is -0.117. The van der Waals surface area contributed by atoms with Crippen LogP contribution in [0.3, 0.4) is 0 Å². The predicted molar refractivity (Wildman–Crippen MR) is 85.5 cm³/mol. The first kappa shape index (κ1) is 16.6. The number of amides is 1. The van der Waals surface area contributed by atoms with Crippen molar-refractivity contribution in [1.82, 2.24) is 0 Å². The smallest absolute Gasteiger partial charge is 0.232 e. The molecule has 1 aliphatic rings. The van der Waals surface area contributed by atoms with Gasteiger partial charge in [0.25, 0.3) is 0 Å². The summed E-state index contributed by atoms with van der Waals surface area (Å²) >= 11 is 3.42. The first-order valence-corrected chi connectivity index (χ1v) is 9.55. The largest absolute Gasteiger partial charge is 0.495 e. The van der Waals surface area contributed by atoms with Crippen LogP contribution < -0.4 is 9.64 Å². The van der Waals surface area contributed by atoms with Crippen molar-refractivity contribution in [2.24, 2.45) is 5.92 Å². The van der Waals surface area contributed by atoms with E-state index in [9.17, 15) is 13.2 Å². The van der Waals surface area contributed by atoms with Gasteiger partial charge in [0, 0.05) is 34.0 Å². The van der Waals surface area contributed by atoms with Gasteiger partial charge in [0.2, 0.25) is 15.0 Å². The van der Waals surface area contributed by atoms with Gasteiger partial charge in [-0.15, -0.1) is 0 Å². The molecule has 1 aromatic rings. The van der Waals surface area contributed by atoms with Crippen molar-refractivity contribution in [1.29, 1.82) is 0 Å². The Morgan fingerprint density at radius 1 is 1.48 bits per heavy atom. The molecule has 1 atom stereocenters. The van der Waals surface area contributed by atoms with Gasteiger partial charge in [-0.1, -0.05) is 15.9 Å². The summed E-state index contributed by atoms with van der Waals surface area (Å²) < 4.78 is 28.5. The Bertz CT molecular complexity index is 677. The summed E-state index contributed by atoms with van der Waals surface area (Å²) in [5.74, 6) is -0.0570. The molecule has 21 heavy (non-hydrogen) atoms. The Morgan fingerprint density at radius 2 is 2.14 bits per heavy atom. The molecule has 1 unspecified atom stereocenters. The van der Waals surface area contributed by atoms with Crippen LogP contribution in [0.2, 0.25) is 0 Å². The highest BCUT2D eigenvalue weighted by Gasteiger charge is 2.34. The SMILES string of the molecule is COc1cc(Br)c(C)cc1N1CC(CS(=O)(=O)Cl)CC1=O. The average Bonchev–Trinajstić information content (AvgIpc) is 2.70. The highest BCUT2D eigenvalue weighted by Crippen LogP contribution is 2.37. The van der Waals surface area contributed by atoms with Gasteiger partial charge in [-0.2, -0.15) is 0 Å². The molecule has 0 spiro atoms. The zero-order chi connectivity index (χ0) is 15.8. The van der Waals surface area contributed by atoms with E-state index in [-0.39, 0.29) is 24.0 Å². The molecule has 0 aromatic heterocycles. The van der Waals surface area contributed by atoms with Crippen molar-refractivity contribution >= 4 is 47.3 Å². The van der Waals surface area contributed by atoms with E-state index in [1.807, 2.05) is 13.0 Å². The van der Waals surface area contributed by atoms with Crippen LogP contribution in [0.4, 0.5) is 5.69 Å². The lowest BCUT2D eigenvalue weighted by Gasteiger charge is -2.20. The lowest BCUT2D eigenvalue weighted by Crippen LogP contribution is -2.26. The number of methoxy groups -OCH3 is 1. The molecule has 0 radical (unpaired) electrons. The summed E-state index contributed by atoms with van der Waals surface area (Å²) in [6.45, 7) is 2.23. The molecule has 0 bridgehead atoms. The number of aryl methyl sites for hydroxylation is 1. The Hall–Kier alpha value is -0.790. The van der Waals surface area contributed by atoms with Crippen LogP contribution in [-0.2, 0) is 13.8 Å². The van der Waals surface area contributed by atoms with Crippen LogP contribution in [0.1, 0.15) is 12.0 Å². The third-order valence-electron chi connectivity index (χ3n) is 3.39. The molecule has 0 aliphatic carbocycles.